The van der Waals surface area contributed by atoms with Crippen LogP contribution in [-0.2, 0) is 0 Å². The van der Waals surface area contributed by atoms with Crippen molar-refractivity contribution in [1.29, 1.82) is 0 Å². The molecule has 3 rings (SSSR count). The van der Waals surface area contributed by atoms with Gasteiger partial charge >= 0.3 is 0 Å². The lowest BCUT2D eigenvalue weighted by Gasteiger charge is -2.32. The van der Waals surface area contributed by atoms with Gasteiger partial charge in [-0.3, -0.25) is 14.6 Å². The van der Waals surface area contributed by atoms with Crippen LogP contribution in [0, 0.1) is 11.7 Å². The van der Waals surface area contributed by atoms with E-state index in [1.807, 2.05) is 4.90 Å². The van der Waals surface area contributed by atoms with Crippen molar-refractivity contribution in [2.24, 2.45) is 5.92 Å². The molecule has 0 saturated carbocycles. The fourth-order valence-corrected chi connectivity index (χ4v) is 2.99. The van der Waals surface area contributed by atoms with Crippen LogP contribution in [0.4, 0.5) is 4.39 Å². The van der Waals surface area contributed by atoms with E-state index in [-0.39, 0.29) is 17.4 Å². The van der Waals surface area contributed by atoms with Crippen LogP contribution in [0.5, 0.6) is 0 Å². The van der Waals surface area contributed by atoms with E-state index < -0.39 is 11.7 Å². The molecule has 0 bridgehead atoms. The molecular weight excluding hydrogens is 321 g/mol. The average molecular weight is 341 g/mol. The summed E-state index contributed by atoms with van der Waals surface area (Å²) in [5, 5.41) is 2.79. The molecule has 1 aliphatic heterocycles. The summed E-state index contributed by atoms with van der Waals surface area (Å²) < 4.78 is 13.6. The maximum atomic E-state index is 13.6. The van der Waals surface area contributed by atoms with Crippen LogP contribution < -0.4 is 5.32 Å². The van der Waals surface area contributed by atoms with Crippen molar-refractivity contribution < 1.29 is 14.0 Å². The zero-order valence-corrected chi connectivity index (χ0v) is 13.8. The Balaban J connectivity index is 1.47. The molecule has 1 saturated heterocycles. The smallest absolute Gasteiger partial charge is 0.255 e. The van der Waals surface area contributed by atoms with Crippen LogP contribution in [0.1, 0.15) is 33.6 Å². The van der Waals surface area contributed by atoms with Crippen LogP contribution in [0.25, 0.3) is 0 Å². The Kier molecular flexibility index (Phi) is 5.38. The maximum Gasteiger partial charge on any atom is 0.255 e. The summed E-state index contributed by atoms with van der Waals surface area (Å²) in [7, 11) is 0. The van der Waals surface area contributed by atoms with Gasteiger partial charge in [0, 0.05) is 32.0 Å². The van der Waals surface area contributed by atoms with E-state index in [1.165, 1.54) is 12.1 Å². The third-order valence-electron chi connectivity index (χ3n) is 4.48. The fourth-order valence-electron chi connectivity index (χ4n) is 2.99. The van der Waals surface area contributed by atoms with E-state index in [4.69, 9.17) is 0 Å². The molecule has 2 amide bonds. The number of hydrogen-bond donors (Lipinski definition) is 1. The van der Waals surface area contributed by atoms with Gasteiger partial charge in [0.1, 0.15) is 5.82 Å². The number of nitrogens with one attached hydrogen (secondary N) is 1. The second-order valence-corrected chi connectivity index (χ2v) is 6.17. The van der Waals surface area contributed by atoms with Gasteiger partial charge in [-0.25, -0.2) is 4.39 Å². The number of hydrogen-bond acceptors (Lipinski definition) is 3. The van der Waals surface area contributed by atoms with Crippen LogP contribution in [0.2, 0.25) is 0 Å². The van der Waals surface area contributed by atoms with Crippen molar-refractivity contribution in [1.82, 2.24) is 15.2 Å². The number of carbonyl (C=O) groups is 2. The normalized spacial score (nSPS) is 15.0. The molecule has 1 aliphatic rings. The minimum atomic E-state index is -0.517. The first-order valence-electron chi connectivity index (χ1n) is 8.37. The van der Waals surface area contributed by atoms with Crippen molar-refractivity contribution >= 4 is 11.8 Å². The van der Waals surface area contributed by atoms with E-state index >= 15 is 0 Å². The first kappa shape index (κ1) is 17.1. The zero-order valence-electron chi connectivity index (χ0n) is 13.8. The number of aromatic nitrogens is 1. The van der Waals surface area contributed by atoms with Crippen molar-refractivity contribution in [3.63, 3.8) is 0 Å². The maximum absolute atomic E-state index is 13.6. The highest BCUT2D eigenvalue weighted by molar-refractivity contribution is 5.94. The molecule has 0 atom stereocenters. The highest BCUT2D eigenvalue weighted by Gasteiger charge is 2.24. The number of amides is 2. The number of pyridine rings is 1. The summed E-state index contributed by atoms with van der Waals surface area (Å²) in [4.78, 5) is 30.2. The molecule has 1 N–H and O–H groups in total. The molecule has 2 aromatic rings. The van der Waals surface area contributed by atoms with E-state index in [9.17, 15) is 14.0 Å². The van der Waals surface area contributed by atoms with E-state index in [0.717, 1.165) is 12.8 Å². The number of likely N-dealkylation sites (tertiary alicyclic amines) is 1. The lowest BCUT2D eigenvalue weighted by molar-refractivity contribution is 0.0683. The minimum absolute atomic E-state index is 0.0121. The molecule has 130 valence electrons. The first-order chi connectivity index (χ1) is 12.1. The minimum Gasteiger partial charge on any atom is -0.352 e. The highest BCUT2D eigenvalue weighted by atomic mass is 19.1. The Morgan fingerprint density at radius 1 is 1.16 bits per heavy atom. The van der Waals surface area contributed by atoms with E-state index in [2.05, 4.69) is 10.3 Å². The van der Waals surface area contributed by atoms with Crippen LogP contribution in [-0.4, -0.2) is 41.3 Å². The monoisotopic (exact) mass is 341 g/mol. The second-order valence-electron chi connectivity index (χ2n) is 6.17. The Labute approximate surface area is 145 Å². The van der Waals surface area contributed by atoms with Gasteiger partial charge in [0.05, 0.1) is 11.1 Å². The summed E-state index contributed by atoms with van der Waals surface area (Å²) in [6, 6.07) is 9.45. The van der Waals surface area contributed by atoms with Crippen molar-refractivity contribution in [3.05, 3.63) is 65.7 Å². The number of piperidine rings is 1. The molecule has 6 heteroatoms. The summed E-state index contributed by atoms with van der Waals surface area (Å²) in [5.41, 5.74) is 0.653. The molecule has 0 radical (unpaired) electrons. The third-order valence-corrected chi connectivity index (χ3v) is 4.48. The second kappa shape index (κ2) is 7.88. The number of carbonyl (C=O) groups excluding carboxylic acids is 2. The van der Waals surface area contributed by atoms with Crippen molar-refractivity contribution in [2.45, 2.75) is 12.8 Å². The summed E-state index contributed by atoms with van der Waals surface area (Å²) in [6.07, 6.45) is 4.83. The lowest BCUT2D eigenvalue weighted by atomic mass is 9.96. The quantitative estimate of drug-likeness (QED) is 0.929. The highest BCUT2D eigenvalue weighted by Crippen LogP contribution is 2.18. The topological polar surface area (TPSA) is 62.3 Å². The third kappa shape index (κ3) is 4.21. The number of nitrogens with zero attached hydrogens (tertiary/aromatic N) is 2. The molecule has 1 fully saturated rings. The Hall–Kier alpha value is -2.76. The average Bonchev–Trinajstić information content (AvgIpc) is 2.67. The van der Waals surface area contributed by atoms with Crippen LogP contribution >= 0.6 is 0 Å². The number of halogens is 1. The first-order valence-corrected chi connectivity index (χ1v) is 8.37. The van der Waals surface area contributed by atoms with Gasteiger partial charge in [-0.1, -0.05) is 12.1 Å². The van der Waals surface area contributed by atoms with Gasteiger partial charge in [0.2, 0.25) is 0 Å². The molecule has 1 aromatic carbocycles. The van der Waals surface area contributed by atoms with E-state index in [1.54, 1.807) is 36.7 Å². The predicted molar refractivity (Wildman–Crippen MR) is 91.6 cm³/mol. The summed E-state index contributed by atoms with van der Waals surface area (Å²) >= 11 is 0. The largest absolute Gasteiger partial charge is 0.352 e. The summed E-state index contributed by atoms with van der Waals surface area (Å²) in [6.45, 7) is 1.78. The molecule has 0 aliphatic carbocycles. The Morgan fingerprint density at radius 3 is 2.60 bits per heavy atom. The zero-order chi connectivity index (χ0) is 17.6. The standard InChI is InChI=1S/C19H20FN3O2/c20-17-6-2-1-5-16(17)18(24)22-12-14-7-10-23(11-8-14)19(25)15-4-3-9-21-13-15/h1-6,9,13-14H,7-8,10-12H2,(H,22,24). The van der Waals surface area contributed by atoms with Gasteiger partial charge in [-0.05, 0) is 43.0 Å². The lowest BCUT2D eigenvalue weighted by Crippen LogP contribution is -2.41. The van der Waals surface area contributed by atoms with Gasteiger partial charge in [0.25, 0.3) is 11.8 Å². The van der Waals surface area contributed by atoms with Crippen molar-refractivity contribution in [2.75, 3.05) is 19.6 Å². The molecule has 25 heavy (non-hydrogen) atoms. The molecular formula is C19H20FN3O2. The molecule has 2 heterocycles. The van der Waals surface area contributed by atoms with E-state index in [0.29, 0.717) is 25.2 Å². The summed E-state index contributed by atoms with van der Waals surface area (Å²) in [5.74, 6) is -0.639. The Bertz CT molecular complexity index is 743. The van der Waals surface area contributed by atoms with Gasteiger partial charge in [-0.2, -0.15) is 0 Å². The van der Waals surface area contributed by atoms with Crippen LogP contribution in [0.15, 0.2) is 48.8 Å². The van der Waals surface area contributed by atoms with Crippen molar-refractivity contribution in [3.8, 4) is 0 Å². The molecule has 0 spiro atoms. The van der Waals surface area contributed by atoms with Gasteiger partial charge < -0.3 is 10.2 Å². The molecule has 5 nitrogen and oxygen atoms in total. The molecule has 1 aromatic heterocycles. The number of benzene rings is 1. The Morgan fingerprint density at radius 2 is 1.92 bits per heavy atom. The predicted octanol–water partition coefficient (Wildman–Crippen LogP) is 2.50. The number of rotatable bonds is 4. The fraction of sp³-hybridized carbons (Fsp3) is 0.316. The van der Waals surface area contributed by atoms with Crippen LogP contribution in [0.3, 0.4) is 0 Å². The molecule has 0 unspecified atom stereocenters. The van der Waals surface area contributed by atoms with Gasteiger partial charge in [-0.15, -0.1) is 0 Å². The van der Waals surface area contributed by atoms with Gasteiger partial charge in [0.15, 0.2) is 0 Å². The SMILES string of the molecule is O=C(NCC1CCN(C(=O)c2cccnc2)CC1)c1ccccc1F.